The van der Waals surface area contributed by atoms with Gasteiger partial charge in [0.1, 0.15) is 0 Å². The number of hydrogen-bond donors (Lipinski definition) is 2. The van der Waals surface area contributed by atoms with Crippen molar-refractivity contribution < 1.29 is 23.2 Å². The number of nitrogens with one attached hydrogen (secondary N) is 1. The average molecular weight is 459 g/mol. The second kappa shape index (κ2) is 9.60. The third-order valence-corrected chi connectivity index (χ3v) is 9.45. The summed E-state index contributed by atoms with van der Waals surface area (Å²) >= 11 is 0. The van der Waals surface area contributed by atoms with E-state index in [1.54, 1.807) is 17.6 Å². The van der Waals surface area contributed by atoms with E-state index in [2.05, 4.69) is 29.2 Å². The summed E-state index contributed by atoms with van der Waals surface area (Å²) in [6, 6.07) is 17.6. The standard InChI is InChI=1S/C24H30N2O5S/c27-23(25-28)18-24(12-16-31-17-13-24)32(29,30)22-8-6-21(7-9-22)26-14-10-20(11-15-26)19-4-2-1-3-5-19/h1-9,20,28H,10-18H2,(H,25,27). The highest BCUT2D eigenvalue weighted by molar-refractivity contribution is 7.92. The van der Waals surface area contributed by atoms with E-state index in [4.69, 9.17) is 9.94 Å². The smallest absolute Gasteiger partial charge is 0.244 e. The van der Waals surface area contributed by atoms with Crippen molar-refractivity contribution in [2.24, 2.45) is 0 Å². The van der Waals surface area contributed by atoms with Crippen molar-refractivity contribution in [2.75, 3.05) is 31.2 Å². The molecular weight excluding hydrogens is 428 g/mol. The van der Waals surface area contributed by atoms with Crippen LogP contribution in [0.1, 0.15) is 43.6 Å². The number of amides is 1. The Kier molecular flexibility index (Phi) is 6.83. The predicted octanol–water partition coefficient (Wildman–Crippen LogP) is 3.29. The topological polar surface area (TPSA) is 95.9 Å². The largest absolute Gasteiger partial charge is 0.381 e. The van der Waals surface area contributed by atoms with Gasteiger partial charge in [-0.3, -0.25) is 10.0 Å². The fourth-order valence-corrected chi connectivity index (χ4v) is 6.92. The van der Waals surface area contributed by atoms with E-state index in [9.17, 15) is 13.2 Å². The van der Waals surface area contributed by atoms with E-state index in [0.29, 0.717) is 5.92 Å². The normalized spacial score (nSPS) is 19.5. The van der Waals surface area contributed by atoms with Crippen molar-refractivity contribution in [1.29, 1.82) is 0 Å². The van der Waals surface area contributed by atoms with E-state index in [1.165, 1.54) is 5.56 Å². The fourth-order valence-electron chi connectivity index (χ4n) is 4.90. The number of anilines is 1. The maximum absolute atomic E-state index is 13.5. The Morgan fingerprint density at radius 2 is 1.66 bits per heavy atom. The van der Waals surface area contributed by atoms with Gasteiger partial charge in [-0.05, 0) is 61.4 Å². The van der Waals surface area contributed by atoms with Gasteiger partial charge in [0.05, 0.1) is 9.64 Å². The van der Waals surface area contributed by atoms with E-state index >= 15 is 0 Å². The summed E-state index contributed by atoms with van der Waals surface area (Å²) in [5.74, 6) is -0.147. The molecule has 0 aromatic heterocycles. The number of ether oxygens (including phenoxy) is 1. The monoisotopic (exact) mass is 458 g/mol. The van der Waals surface area contributed by atoms with Crippen LogP contribution in [-0.2, 0) is 19.4 Å². The van der Waals surface area contributed by atoms with Gasteiger partial charge in [0.25, 0.3) is 0 Å². The van der Waals surface area contributed by atoms with E-state index < -0.39 is 20.5 Å². The summed E-state index contributed by atoms with van der Waals surface area (Å²) in [6.07, 6.45) is 2.27. The van der Waals surface area contributed by atoms with Gasteiger partial charge < -0.3 is 9.64 Å². The molecule has 2 aromatic carbocycles. The minimum atomic E-state index is -3.79. The number of rotatable bonds is 6. The Balaban J connectivity index is 1.48. The van der Waals surface area contributed by atoms with Crippen molar-refractivity contribution in [3.05, 3.63) is 60.2 Å². The number of carbonyl (C=O) groups excluding carboxylic acids is 1. The van der Waals surface area contributed by atoms with Crippen molar-refractivity contribution in [1.82, 2.24) is 5.48 Å². The van der Waals surface area contributed by atoms with Gasteiger partial charge in [-0.1, -0.05) is 30.3 Å². The maximum Gasteiger partial charge on any atom is 0.244 e. The lowest BCUT2D eigenvalue weighted by Gasteiger charge is -2.36. The molecule has 0 unspecified atom stereocenters. The molecule has 0 aliphatic carbocycles. The highest BCUT2D eigenvalue weighted by atomic mass is 32.2. The number of hydrogen-bond acceptors (Lipinski definition) is 6. The summed E-state index contributed by atoms with van der Waals surface area (Å²) in [6.45, 7) is 2.38. The molecule has 172 valence electrons. The number of nitrogens with zero attached hydrogens (tertiary/aromatic N) is 1. The first-order valence-electron chi connectivity index (χ1n) is 11.1. The van der Waals surface area contributed by atoms with Crippen LogP contribution in [0.2, 0.25) is 0 Å². The number of piperidine rings is 1. The Hall–Kier alpha value is -2.42. The molecular formula is C24H30N2O5S. The molecule has 2 N–H and O–H groups in total. The van der Waals surface area contributed by atoms with Crippen molar-refractivity contribution >= 4 is 21.4 Å². The van der Waals surface area contributed by atoms with Crippen LogP contribution < -0.4 is 10.4 Å². The molecule has 0 bridgehead atoms. The SMILES string of the molecule is O=C(CC1(S(=O)(=O)c2ccc(N3CCC(c4ccccc4)CC3)cc2)CCOCC1)NO. The molecule has 2 saturated heterocycles. The minimum absolute atomic E-state index is 0.202. The second-order valence-electron chi connectivity index (χ2n) is 8.68. The molecule has 8 heteroatoms. The first-order chi connectivity index (χ1) is 15.4. The molecule has 4 rings (SSSR count). The van der Waals surface area contributed by atoms with Crippen LogP contribution in [0.4, 0.5) is 5.69 Å². The minimum Gasteiger partial charge on any atom is -0.381 e. The molecule has 2 heterocycles. The quantitative estimate of drug-likeness (QED) is 0.509. The highest BCUT2D eigenvalue weighted by Gasteiger charge is 2.47. The Bertz CT molecular complexity index is 1010. The number of benzene rings is 2. The van der Waals surface area contributed by atoms with Gasteiger partial charge in [-0.25, -0.2) is 13.9 Å². The van der Waals surface area contributed by atoms with Crippen LogP contribution in [0.5, 0.6) is 0 Å². The number of carbonyl (C=O) groups is 1. The summed E-state index contributed by atoms with van der Waals surface area (Å²) in [5.41, 5.74) is 3.96. The van der Waals surface area contributed by atoms with Gasteiger partial charge in [0.2, 0.25) is 5.91 Å². The zero-order valence-electron chi connectivity index (χ0n) is 18.1. The fraction of sp³-hybridized carbons (Fsp3) is 0.458. The first kappa shape index (κ1) is 22.8. The summed E-state index contributed by atoms with van der Waals surface area (Å²) in [7, 11) is -3.79. The number of sulfone groups is 1. The molecule has 2 aliphatic heterocycles. The molecule has 1 amide bonds. The summed E-state index contributed by atoms with van der Waals surface area (Å²) < 4.78 is 31.1. The summed E-state index contributed by atoms with van der Waals surface area (Å²) in [4.78, 5) is 14.4. The zero-order chi connectivity index (χ0) is 22.6. The lowest BCUT2D eigenvalue weighted by Crippen LogP contribution is -2.47. The Morgan fingerprint density at radius 1 is 1.03 bits per heavy atom. The van der Waals surface area contributed by atoms with Gasteiger partial charge in [-0.2, -0.15) is 0 Å². The van der Waals surface area contributed by atoms with Crippen molar-refractivity contribution in [3.8, 4) is 0 Å². The second-order valence-corrected chi connectivity index (χ2v) is 11.0. The lowest BCUT2D eigenvalue weighted by molar-refractivity contribution is -0.130. The highest BCUT2D eigenvalue weighted by Crippen LogP contribution is 2.38. The van der Waals surface area contributed by atoms with E-state index in [0.717, 1.165) is 31.6 Å². The molecule has 7 nitrogen and oxygen atoms in total. The lowest BCUT2D eigenvalue weighted by atomic mass is 9.89. The molecule has 2 aliphatic rings. The molecule has 2 fully saturated rings. The van der Waals surface area contributed by atoms with Crippen LogP contribution in [0.15, 0.2) is 59.5 Å². The maximum atomic E-state index is 13.5. The van der Waals surface area contributed by atoms with Gasteiger partial charge >= 0.3 is 0 Å². The molecule has 2 aromatic rings. The average Bonchev–Trinajstić information content (AvgIpc) is 2.85. The van der Waals surface area contributed by atoms with E-state index in [1.807, 2.05) is 18.2 Å². The van der Waals surface area contributed by atoms with E-state index in [-0.39, 0.29) is 37.4 Å². The molecule has 32 heavy (non-hydrogen) atoms. The summed E-state index contributed by atoms with van der Waals surface area (Å²) in [5, 5.41) is 8.96. The van der Waals surface area contributed by atoms with Crippen molar-refractivity contribution in [3.63, 3.8) is 0 Å². The van der Waals surface area contributed by atoms with Crippen LogP contribution in [0, 0.1) is 0 Å². The van der Waals surface area contributed by atoms with Gasteiger partial charge in [-0.15, -0.1) is 0 Å². The predicted molar refractivity (Wildman–Crippen MR) is 122 cm³/mol. The van der Waals surface area contributed by atoms with Gasteiger partial charge in [0.15, 0.2) is 9.84 Å². The Labute approximate surface area is 189 Å². The molecule has 0 saturated carbocycles. The van der Waals surface area contributed by atoms with Gasteiger partial charge in [0, 0.05) is 38.4 Å². The zero-order valence-corrected chi connectivity index (χ0v) is 18.9. The Morgan fingerprint density at radius 3 is 2.25 bits per heavy atom. The molecule has 0 spiro atoms. The third kappa shape index (κ3) is 4.53. The molecule has 0 atom stereocenters. The van der Waals surface area contributed by atoms with Crippen LogP contribution in [0.25, 0.3) is 0 Å². The van der Waals surface area contributed by atoms with Crippen LogP contribution in [-0.4, -0.2) is 50.6 Å². The third-order valence-electron chi connectivity index (χ3n) is 6.86. The molecule has 0 radical (unpaired) electrons. The van der Waals surface area contributed by atoms with Crippen LogP contribution in [0.3, 0.4) is 0 Å². The number of hydroxylamine groups is 1. The first-order valence-corrected chi connectivity index (χ1v) is 12.6. The van der Waals surface area contributed by atoms with Crippen LogP contribution >= 0.6 is 0 Å². The van der Waals surface area contributed by atoms with Crippen molar-refractivity contribution in [2.45, 2.75) is 47.7 Å².